The van der Waals surface area contributed by atoms with Gasteiger partial charge in [0.2, 0.25) is 0 Å². The van der Waals surface area contributed by atoms with Gasteiger partial charge in [0.1, 0.15) is 0 Å². The van der Waals surface area contributed by atoms with E-state index < -0.39 is 6.09 Å². The van der Waals surface area contributed by atoms with E-state index in [1.807, 2.05) is 18.2 Å². The summed E-state index contributed by atoms with van der Waals surface area (Å²) in [5.74, 6) is 0. The zero-order chi connectivity index (χ0) is 16.1. The van der Waals surface area contributed by atoms with Crippen molar-refractivity contribution in [1.29, 1.82) is 0 Å². The van der Waals surface area contributed by atoms with Gasteiger partial charge in [0.05, 0.1) is 13.2 Å². The second-order valence-corrected chi connectivity index (χ2v) is 6.56. The first-order valence-electron chi connectivity index (χ1n) is 8.59. The number of hydrogen-bond donors (Lipinski definition) is 1. The molecule has 2 fully saturated rings. The molecule has 0 spiro atoms. The topological polar surface area (TPSA) is 53.0 Å². The van der Waals surface area contributed by atoms with Crippen LogP contribution in [0, 0.1) is 0 Å². The van der Waals surface area contributed by atoms with Gasteiger partial charge in [-0.15, -0.1) is 0 Å². The lowest BCUT2D eigenvalue weighted by Crippen LogP contribution is -2.45. The van der Waals surface area contributed by atoms with E-state index in [0.717, 1.165) is 39.0 Å². The molecule has 2 aliphatic heterocycles. The van der Waals surface area contributed by atoms with Crippen molar-refractivity contribution in [1.82, 2.24) is 9.80 Å². The number of nitrogens with zero attached hydrogens (tertiary/aromatic N) is 2. The minimum atomic E-state index is -0.774. The molecule has 23 heavy (non-hydrogen) atoms. The molecular formula is C18H26N2O3. The molecule has 0 aliphatic carbocycles. The molecule has 2 aliphatic rings. The predicted octanol–water partition coefficient (Wildman–Crippen LogP) is 2.81. The fourth-order valence-electron chi connectivity index (χ4n) is 3.76. The number of benzene rings is 1. The highest BCUT2D eigenvalue weighted by atomic mass is 16.5. The fourth-order valence-corrected chi connectivity index (χ4v) is 3.76. The van der Waals surface area contributed by atoms with Gasteiger partial charge in [-0.3, -0.25) is 4.90 Å². The Balaban J connectivity index is 1.47. The molecule has 2 atom stereocenters. The summed E-state index contributed by atoms with van der Waals surface area (Å²) >= 11 is 0. The zero-order valence-corrected chi connectivity index (χ0v) is 13.6. The van der Waals surface area contributed by atoms with Crippen molar-refractivity contribution in [3.05, 3.63) is 35.9 Å². The molecule has 1 N–H and O–H groups in total. The van der Waals surface area contributed by atoms with Crippen molar-refractivity contribution >= 4 is 6.09 Å². The normalized spacial score (nSPS) is 25.1. The van der Waals surface area contributed by atoms with E-state index in [4.69, 9.17) is 4.74 Å². The second kappa shape index (κ2) is 7.79. The van der Waals surface area contributed by atoms with Crippen LogP contribution in [0.1, 0.15) is 31.2 Å². The summed E-state index contributed by atoms with van der Waals surface area (Å²) in [5, 5.41) is 9.27. The number of hydrogen-bond acceptors (Lipinski definition) is 3. The zero-order valence-electron chi connectivity index (χ0n) is 13.6. The fraction of sp³-hybridized carbons (Fsp3) is 0.611. The molecule has 126 valence electrons. The Morgan fingerprint density at radius 3 is 2.65 bits per heavy atom. The summed E-state index contributed by atoms with van der Waals surface area (Å²) in [6.45, 7) is 3.97. The Morgan fingerprint density at radius 2 is 1.87 bits per heavy atom. The molecule has 2 heterocycles. The van der Waals surface area contributed by atoms with Crippen molar-refractivity contribution in [2.45, 2.75) is 44.4 Å². The summed E-state index contributed by atoms with van der Waals surface area (Å²) < 4.78 is 5.90. The lowest BCUT2D eigenvalue weighted by Gasteiger charge is -2.30. The highest BCUT2D eigenvalue weighted by molar-refractivity contribution is 5.65. The highest BCUT2D eigenvalue weighted by Crippen LogP contribution is 2.24. The van der Waals surface area contributed by atoms with Crippen LogP contribution in [0.25, 0.3) is 0 Å². The summed E-state index contributed by atoms with van der Waals surface area (Å²) in [6, 6.07) is 10.8. The van der Waals surface area contributed by atoms with Crippen molar-refractivity contribution in [2.75, 3.05) is 26.2 Å². The van der Waals surface area contributed by atoms with Gasteiger partial charge >= 0.3 is 6.09 Å². The van der Waals surface area contributed by atoms with Crippen LogP contribution in [0.2, 0.25) is 0 Å². The van der Waals surface area contributed by atoms with Crippen LogP contribution in [-0.2, 0) is 11.3 Å². The van der Waals surface area contributed by atoms with Crippen LogP contribution in [0.4, 0.5) is 4.79 Å². The molecule has 5 heteroatoms. The number of rotatable bonds is 6. The third kappa shape index (κ3) is 4.24. The molecule has 1 amide bonds. The summed E-state index contributed by atoms with van der Waals surface area (Å²) in [6.07, 6.45) is 3.53. The van der Waals surface area contributed by atoms with Crippen molar-refractivity contribution in [2.24, 2.45) is 0 Å². The number of carboxylic acid groups (broad SMARTS) is 1. The van der Waals surface area contributed by atoms with Gasteiger partial charge in [-0.2, -0.15) is 0 Å². The molecule has 5 nitrogen and oxygen atoms in total. The van der Waals surface area contributed by atoms with Gasteiger partial charge in [0.25, 0.3) is 0 Å². The molecule has 3 rings (SSSR count). The Kier molecular flexibility index (Phi) is 5.51. The number of likely N-dealkylation sites (tertiary alicyclic amines) is 2. The Morgan fingerprint density at radius 1 is 1.13 bits per heavy atom. The van der Waals surface area contributed by atoms with E-state index >= 15 is 0 Å². The van der Waals surface area contributed by atoms with E-state index in [1.54, 1.807) is 4.90 Å². The van der Waals surface area contributed by atoms with E-state index in [1.165, 1.54) is 12.0 Å². The van der Waals surface area contributed by atoms with E-state index in [0.29, 0.717) is 19.2 Å². The first-order valence-corrected chi connectivity index (χ1v) is 8.59. The molecule has 1 aromatic rings. The number of ether oxygens (including phenoxy) is 1. The highest BCUT2D eigenvalue weighted by Gasteiger charge is 2.33. The van der Waals surface area contributed by atoms with Crippen molar-refractivity contribution < 1.29 is 14.6 Å². The predicted molar refractivity (Wildman–Crippen MR) is 88.4 cm³/mol. The van der Waals surface area contributed by atoms with Crippen LogP contribution in [0.15, 0.2) is 30.3 Å². The lowest BCUT2D eigenvalue weighted by atomic mass is 10.2. The quantitative estimate of drug-likeness (QED) is 0.876. The van der Waals surface area contributed by atoms with E-state index in [2.05, 4.69) is 17.0 Å². The van der Waals surface area contributed by atoms with E-state index in [9.17, 15) is 9.90 Å². The third-order valence-electron chi connectivity index (χ3n) is 4.99. The maximum atomic E-state index is 11.3. The summed E-state index contributed by atoms with van der Waals surface area (Å²) in [5.41, 5.74) is 1.20. The first kappa shape index (κ1) is 16.3. The first-order chi connectivity index (χ1) is 11.2. The minimum Gasteiger partial charge on any atom is -0.465 e. The summed E-state index contributed by atoms with van der Waals surface area (Å²) in [4.78, 5) is 15.3. The molecule has 0 bridgehead atoms. The van der Waals surface area contributed by atoms with Gasteiger partial charge in [-0.05, 0) is 37.8 Å². The molecule has 1 aromatic carbocycles. The smallest absolute Gasteiger partial charge is 0.407 e. The van der Waals surface area contributed by atoms with Crippen LogP contribution >= 0.6 is 0 Å². The average Bonchev–Trinajstić information content (AvgIpc) is 3.19. The van der Waals surface area contributed by atoms with Gasteiger partial charge < -0.3 is 14.7 Å². The Hall–Kier alpha value is -1.59. The average molecular weight is 318 g/mol. The van der Waals surface area contributed by atoms with Gasteiger partial charge in [-0.25, -0.2) is 4.79 Å². The van der Waals surface area contributed by atoms with Crippen molar-refractivity contribution in [3.63, 3.8) is 0 Å². The van der Waals surface area contributed by atoms with Crippen molar-refractivity contribution in [3.8, 4) is 0 Å². The molecular weight excluding hydrogens is 292 g/mol. The largest absolute Gasteiger partial charge is 0.465 e. The summed E-state index contributed by atoms with van der Waals surface area (Å²) in [7, 11) is 0. The maximum Gasteiger partial charge on any atom is 0.407 e. The number of amides is 1. The molecule has 2 unspecified atom stereocenters. The third-order valence-corrected chi connectivity index (χ3v) is 4.99. The van der Waals surface area contributed by atoms with Gasteiger partial charge in [-0.1, -0.05) is 30.3 Å². The maximum absolute atomic E-state index is 11.3. The van der Waals surface area contributed by atoms with Gasteiger partial charge in [0, 0.05) is 25.2 Å². The molecule has 0 saturated carbocycles. The van der Waals surface area contributed by atoms with Gasteiger partial charge in [0.15, 0.2) is 0 Å². The second-order valence-electron chi connectivity index (χ2n) is 6.56. The lowest BCUT2D eigenvalue weighted by molar-refractivity contribution is 0.0571. The standard InChI is InChI=1S/C18H26N2O3/c21-18(22)20-11-5-8-16(20)12-19-10-4-9-17(19)14-23-13-15-6-2-1-3-7-15/h1-3,6-7,16-17H,4-5,8-14H2,(H,21,22). The molecule has 0 aromatic heterocycles. The monoisotopic (exact) mass is 318 g/mol. The number of carbonyl (C=O) groups is 1. The minimum absolute atomic E-state index is 0.155. The van der Waals surface area contributed by atoms with Crippen LogP contribution in [0.3, 0.4) is 0 Å². The van der Waals surface area contributed by atoms with Crippen LogP contribution in [-0.4, -0.2) is 59.3 Å². The molecule has 0 radical (unpaired) electrons. The van der Waals surface area contributed by atoms with Crippen LogP contribution in [0.5, 0.6) is 0 Å². The SMILES string of the molecule is O=C(O)N1CCCC1CN1CCCC1COCc1ccccc1. The van der Waals surface area contributed by atoms with Crippen LogP contribution < -0.4 is 0 Å². The molecule has 2 saturated heterocycles. The van der Waals surface area contributed by atoms with E-state index in [-0.39, 0.29) is 6.04 Å². The Labute approximate surface area is 137 Å². The Bertz CT molecular complexity index is 508.